The Kier molecular flexibility index (Phi) is 5.62. The van der Waals surface area contributed by atoms with Gasteiger partial charge in [0.2, 0.25) is 5.91 Å². The second-order valence-electron chi connectivity index (χ2n) is 4.75. The summed E-state index contributed by atoms with van der Waals surface area (Å²) in [4.78, 5) is 14.0. The molecule has 0 aromatic carbocycles. The number of hydrogen-bond donors (Lipinski definition) is 1. The van der Waals surface area contributed by atoms with Crippen LogP contribution in [0.25, 0.3) is 0 Å². The Morgan fingerprint density at radius 1 is 1.44 bits per heavy atom. The van der Waals surface area contributed by atoms with E-state index in [0.29, 0.717) is 23.1 Å². The zero-order valence-corrected chi connectivity index (χ0v) is 11.6. The van der Waals surface area contributed by atoms with Gasteiger partial charge in [0.1, 0.15) is 0 Å². The van der Waals surface area contributed by atoms with E-state index in [1.807, 2.05) is 16.7 Å². The minimum atomic E-state index is 0.249. The maximum atomic E-state index is 12.0. The Bertz CT molecular complexity index is 225. The van der Waals surface area contributed by atoms with E-state index >= 15 is 0 Å². The predicted octanol–water partition coefficient (Wildman–Crippen LogP) is 1.73. The lowest BCUT2D eigenvalue weighted by Gasteiger charge is -2.34. The third-order valence-electron chi connectivity index (χ3n) is 2.99. The summed E-state index contributed by atoms with van der Waals surface area (Å²) in [5.74, 6) is 0.249. The Balaban J connectivity index is 2.35. The SMILES string of the molecule is CCC(C)NCC(=O)N1CC(C)SC(C)C1. The van der Waals surface area contributed by atoms with Crippen LogP contribution in [0.3, 0.4) is 0 Å². The summed E-state index contributed by atoms with van der Waals surface area (Å²) in [6, 6.07) is 0.429. The van der Waals surface area contributed by atoms with Crippen molar-refractivity contribution in [2.24, 2.45) is 0 Å². The van der Waals surface area contributed by atoms with Gasteiger partial charge >= 0.3 is 0 Å². The van der Waals surface area contributed by atoms with E-state index in [-0.39, 0.29) is 5.91 Å². The first-order valence-electron chi connectivity index (χ1n) is 6.19. The van der Waals surface area contributed by atoms with Crippen LogP contribution in [-0.4, -0.2) is 47.0 Å². The van der Waals surface area contributed by atoms with E-state index in [4.69, 9.17) is 0 Å². The first-order valence-corrected chi connectivity index (χ1v) is 7.13. The highest BCUT2D eigenvalue weighted by atomic mass is 32.2. The van der Waals surface area contributed by atoms with E-state index in [1.165, 1.54) is 0 Å². The largest absolute Gasteiger partial charge is 0.339 e. The number of hydrogen-bond acceptors (Lipinski definition) is 3. The normalized spacial score (nSPS) is 27.9. The van der Waals surface area contributed by atoms with Gasteiger partial charge in [-0.15, -0.1) is 0 Å². The first-order chi connectivity index (χ1) is 7.52. The Morgan fingerprint density at radius 3 is 2.50 bits per heavy atom. The van der Waals surface area contributed by atoms with Gasteiger partial charge in [-0.25, -0.2) is 0 Å². The highest BCUT2D eigenvalue weighted by Gasteiger charge is 2.25. The molecule has 3 nitrogen and oxygen atoms in total. The fourth-order valence-electron chi connectivity index (χ4n) is 1.90. The van der Waals surface area contributed by atoms with Gasteiger partial charge in [-0.05, 0) is 13.3 Å². The molecule has 1 fully saturated rings. The minimum Gasteiger partial charge on any atom is -0.339 e. The molecule has 94 valence electrons. The van der Waals surface area contributed by atoms with E-state index < -0.39 is 0 Å². The van der Waals surface area contributed by atoms with Crippen LogP contribution >= 0.6 is 11.8 Å². The van der Waals surface area contributed by atoms with Gasteiger partial charge in [0.05, 0.1) is 6.54 Å². The highest BCUT2D eigenvalue weighted by Crippen LogP contribution is 2.24. The number of thioether (sulfide) groups is 1. The molecule has 1 saturated heterocycles. The Morgan fingerprint density at radius 2 is 2.00 bits per heavy atom. The average molecular weight is 244 g/mol. The van der Waals surface area contributed by atoms with Crippen LogP contribution in [0.15, 0.2) is 0 Å². The number of rotatable bonds is 4. The van der Waals surface area contributed by atoms with Crippen LogP contribution in [0.2, 0.25) is 0 Å². The van der Waals surface area contributed by atoms with Crippen LogP contribution in [0.1, 0.15) is 34.1 Å². The van der Waals surface area contributed by atoms with Crippen molar-refractivity contribution in [1.29, 1.82) is 0 Å². The molecule has 0 aromatic heterocycles. The molecule has 16 heavy (non-hydrogen) atoms. The summed E-state index contributed by atoms with van der Waals surface area (Å²) < 4.78 is 0. The molecule has 0 saturated carbocycles. The second kappa shape index (κ2) is 6.50. The fraction of sp³-hybridized carbons (Fsp3) is 0.917. The topological polar surface area (TPSA) is 32.3 Å². The third kappa shape index (κ3) is 4.34. The molecule has 0 radical (unpaired) electrons. The van der Waals surface area contributed by atoms with Gasteiger partial charge in [0, 0.05) is 29.6 Å². The van der Waals surface area contributed by atoms with Gasteiger partial charge in [-0.3, -0.25) is 4.79 Å². The quantitative estimate of drug-likeness (QED) is 0.817. The average Bonchev–Trinajstić information content (AvgIpc) is 2.23. The van der Waals surface area contributed by atoms with Crippen LogP contribution in [0, 0.1) is 0 Å². The lowest BCUT2D eigenvalue weighted by molar-refractivity contribution is -0.130. The molecule has 4 heteroatoms. The lowest BCUT2D eigenvalue weighted by atomic mass is 10.2. The molecule has 0 aromatic rings. The molecule has 3 atom stereocenters. The van der Waals surface area contributed by atoms with E-state index in [1.54, 1.807) is 0 Å². The maximum absolute atomic E-state index is 12.0. The zero-order chi connectivity index (χ0) is 12.1. The number of nitrogens with one attached hydrogen (secondary N) is 1. The van der Waals surface area contributed by atoms with Gasteiger partial charge in [0.25, 0.3) is 0 Å². The summed E-state index contributed by atoms with van der Waals surface area (Å²) in [5.41, 5.74) is 0. The summed E-state index contributed by atoms with van der Waals surface area (Å²) in [5, 5.41) is 4.39. The second-order valence-corrected chi connectivity index (χ2v) is 6.63. The molecule has 0 spiro atoms. The molecule has 3 unspecified atom stereocenters. The Labute approximate surface area is 103 Å². The zero-order valence-electron chi connectivity index (χ0n) is 10.8. The summed E-state index contributed by atoms with van der Waals surface area (Å²) in [6.07, 6.45) is 1.07. The molecular weight excluding hydrogens is 220 g/mol. The molecule has 1 rings (SSSR count). The van der Waals surface area contributed by atoms with Crippen molar-refractivity contribution in [1.82, 2.24) is 10.2 Å². The number of amides is 1. The van der Waals surface area contributed by atoms with Crippen molar-refractivity contribution < 1.29 is 4.79 Å². The van der Waals surface area contributed by atoms with Crippen molar-refractivity contribution >= 4 is 17.7 Å². The van der Waals surface area contributed by atoms with Gasteiger partial charge in [-0.1, -0.05) is 20.8 Å². The van der Waals surface area contributed by atoms with Crippen molar-refractivity contribution in [3.05, 3.63) is 0 Å². The third-order valence-corrected chi connectivity index (χ3v) is 4.21. The number of carbonyl (C=O) groups is 1. The van der Waals surface area contributed by atoms with Crippen LogP contribution < -0.4 is 5.32 Å². The Hall–Kier alpha value is -0.220. The molecule has 1 aliphatic heterocycles. The number of nitrogens with zero attached hydrogens (tertiary/aromatic N) is 1. The maximum Gasteiger partial charge on any atom is 0.236 e. The van der Waals surface area contributed by atoms with E-state index in [2.05, 4.69) is 33.0 Å². The van der Waals surface area contributed by atoms with Gasteiger partial charge < -0.3 is 10.2 Å². The van der Waals surface area contributed by atoms with Gasteiger partial charge in [-0.2, -0.15) is 11.8 Å². The molecule has 0 bridgehead atoms. The monoisotopic (exact) mass is 244 g/mol. The summed E-state index contributed by atoms with van der Waals surface area (Å²) >= 11 is 1.98. The van der Waals surface area contributed by atoms with Crippen molar-refractivity contribution in [2.75, 3.05) is 19.6 Å². The summed E-state index contributed by atoms with van der Waals surface area (Å²) in [7, 11) is 0. The lowest BCUT2D eigenvalue weighted by Crippen LogP contribution is -2.48. The fourth-order valence-corrected chi connectivity index (χ4v) is 3.22. The van der Waals surface area contributed by atoms with Crippen LogP contribution in [-0.2, 0) is 4.79 Å². The molecule has 1 N–H and O–H groups in total. The van der Waals surface area contributed by atoms with Gasteiger partial charge in [0.15, 0.2) is 0 Å². The van der Waals surface area contributed by atoms with E-state index in [9.17, 15) is 4.79 Å². The smallest absolute Gasteiger partial charge is 0.236 e. The standard InChI is InChI=1S/C12H24N2OS/c1-5-9(2)13-6-12(15)14-7-10(3)16-11(4)8-14/h9-11,13H,5-8H2,1-4H3. The van der Waals surface area contributed by atoms with Crippen molar-refractivity contribution in [3.8, 4) is 0 Å². The molecular formula is C12H24N2OS. The first kappa shape index (κ1) is 13.8. The highest BCUT2D eigenvalue weighted by molar-refractivity contribution is 8.00. The predicted molar refractivity (Wildman–Crippen MR) is 70.9 cm³/mol. The van der Waals surface area contributed by atoms with Crippen LogP contribution in [0.5, 0.6) is 0 Å². The minimum absolute atomic E-state index is 0.249. The van der Waals surface area contributed by atoms with Crippen LogP contribution in [0.4, 0.5) is 0 Å². The molecule has 1 amide bonds. The molecule has 0 aliphatic carbocycles. The van der Waals surface area contributed by atoms with Crippen molar-refractivity contribution in [3.63, 3.8) is 0 Å². The summed E-state index contributed by atoms with van der Waals surface area (Å²) in [6.45, 7) is 10.9. The molecule has 1 heterocycles. The van der Waals surface area contributed by atoms with E-state index in [0.717, 1.165) is 19.5 Å². The number of carbonyl (C=O) groups excluding carboxylic acids is 1. The molecule has 1 aliphatic rings. The van der Waals surface area contributed by atoms with Crippen molar-refractivity contribution in [2.45, 2.75) is 50.7 Å².